The van der Waals surface area contributed by atoms with Crippen molar-refractivity contribution in [2.45, 2.75) is 37.5 Å². The monoisotopic (exact) mass is 411 g/mol. The van der Waals surface area contributed by atoms with E-state index in [1.165, 1.54) is 22.2 Å². The van der Waals surface area contributed by atoms with Crippen molar-refractivity contribution in [3.63, 3.8) is 0 Å². The molecule has 0 saturated carbocycles. The molecule has 4 rings (SSSR count). The molecule has 0 unspecified atom stereocenters. The number of thioether (sulfide) groups is 1. The van der Waals surface area contributed by atoms with Crippen LogP contribution in [0.1, 0.15) is 22.4 Å². The molecule has 1 aliphatic rings. The molecule has 0 atom stereocenters. The van der Waals surface area contributed by atoms with E-state index in [2.05, 4.69) is 11.9 Å². The second-order valence-corrected chi connectivity index (χ2v) is 8.71. The number of aromatic nitrogens is 2. The SMILES string of the molecule is C=CCn1c(SCC(=O)NCc2ccccc2)nc2sc3c(c2c1=O)CCC3. The maximum absolute atomic E-state index is 13.1. The predicted molar refractivity (Wildman–Crippen MR) is 115 cm³/mol. The first kappa shape index (κ1) is 19.0. The Hall–Kier alpha value is -2.38. The molecular weight excluding hydrogens is 390 g/mol. The number of carbonyl (C=O) groups is 1. The summed E-state index contributed by atoms with van der Waals surface area (Å²) in [6, 6.07) is 9.78. The van der Waals surface area contributed by atoms with Crippen molar-refractivity contribution in [2.75, 3.05) is 5.75 Å². The Labute approximate surface area is 171 Å². The Morgan fingerprint density at radius 3 is 2.93 bits per heavy atom. The van der Waals surface area contributed by atoms with E-state index in [4.69, 9.17) is 4.98 Å². The number of fused-ring (bicyclic) bond motifs is 3. The van der Waals surface area contributed by atoms with Gasteiger partial charge in [0.25, 0.3) is 5.56 Å². The van der Waals surface area contributed by atoms with Gasteiger partial charge >= 0.3 is 0 Å². The summed E-state index contributed by atoms with van der Waals surface area (Å²) in [6.45, 7) is 4.64. The molecular formula is C21H21N3O2S2. The lowest BCUT2D eigenvalue weighted by Crippen LogP contribution is -2.26. The zero-order valence-electron chi connectivity index (χ0n) is 15.4. The third-order valence-electron chi connectivity index (χ3n) is 4.77. The first-order chi connectivity index (χ1) is 13.7. The fourth-order valence-corrected chi connectivity index (χ4v) is 5.58. The van der Waals surface area contributed by atoms with E-state index in [9.17, 15) is 9.59 Å². The fraction of sp³-hybridized carbons (Fsp3) is 0.286. The van der Waals surface area contributed by atoms with Crippen molar-refractivity contribution in [3.8, 4) is 0 Å². The van der Waals surface area contributed by atoms with Crippen LogP contribution in [0.15, 0.2) is 52.9 Å². The normalized spacial score (nSPS) is 12.9. The molecule has 1 amide bonds. The van der Waals surface area contributed by atoms with Crippen LogP contribution in [0.5, 0.6) is 0 Å². The Morgan fingerprint density at radius 2 is 2.14 bits per heavy atom. The van der Waals surface area contributed by atoms with Crippen molar-refractivity contribution in [3.05, 3.63) is 69.3 Å². The molecule has 1 N–H and O–H groups in total. The van der Waals surface area contributed by atoms with Gasteiger partial charge in [0, 0.05) is 18.0 Å². The second-order valence-electron chi connectivity index (χ2n) is 6.69. The average molecular weight is 412 g/mol. The molecule has 0 spiro atoms. The van der Waals surface area contributed by atoms with Gasteiger partial charge in [0.05, 0.1) is 11.1 Å². The Bertz CT molecular complexity index is 1090. The zero-order chi connectivity index (χ0) is 19.5. The van der Waals surface area contributed by atoms with Crippen molar-refractivity contribution in [1.29, 1.82) is 0 Å². The fourth-order valence-electron chi connectivity index (χ4n) is 3.44. The van der Waals surface area contributed by atoms with Crippen LogP contribution in [0, 0.1) is 0 Å². The zero-order valence-corrected chi connectivity index (χ0v) is 17.1. The Balaban J connectivity index is 1.53. The van der Waals surface area contributed by atoms with Gasteiger partial charge in [-0.25, -0.2) is 4.98 Å². The van der Waals surface area contributed by atoms with E-state index in [-0.39, 0.29) is 17.2 Å². The minimum Gasteiger partial charge on any atom is -0.351 e. The minimum absolute atomic E-state index is 0.0171. The lowest BCUT2D eigenvalue weighted by atomic mass is 10.2. The van der Waals surface area contributed by atoms with Crippen LogP contribution in [-0.4, -0.2) is 21.2 Å². The summed E-state index contributed by atoms with van der Waals surface area (Å²) in [4.78, 5) is 32.1. The molecule has 1 aromatic carbocycles. The molecule has 0 fully saturated rings. The molecule has 7 heteroatoms. The van der Waals surface area contributed by atoms with Crippen molar-refractivity contribution < 1.29 is 4.79 Å². The van der Waals surface area contributed by atoms with Gasteiger partial charge in [0.2, 0.25) is 5.91 Å². The lowest BCUT2D eigenvalue weighted by Gasteiger charge is -2.11. The smallest absolute Gasteiger partial charge is 0.263 e. The lowest BCUT2D eigenvalue weighted by molar-refractivity contribution is -0.118. The number of allylic oxidation sites excluding steroid dienone is 1. The number of carbonyl (C=O) groups excluding carboxylic acids is 1. The standard InChI is InChI=1S/C21H21N3O2S2/c1-2-11-24-20(26)18-15-9-6-10-16(15)28-19(18)23-21(24)27-13-17(25)22-12-14-7-4-3-5-8-14/h2-5,7-8H,1,6,9-13H2,(H,22,25). The molecule has 2 heterocycles. The van der Waals surface area contributed by atoms with Gasteiger partial charge in [-0.1, -0.05) is 48.2 Å². The van der Waals surface area contributed by atoms with Crippen LogP contribution < -0.4 is 10.9 Å². The first-order valence-electron chi connectivity index (χ1n) is 9.26. The molecule has 1 aliphatic carbocycles. The van der Waals surface area contributed by atoms with Gasteiger partial charge in [0.15, 0.2) is 5.16 Å². The highest BCUT2D eigenvalue weighted by Crippen LogP contribution is 2.35. The van der Waals surface area contributed by atoms with E-state index in [0.717, 1.165) is 35.0 Å². The molecule has 2 aromatic heterocycles. The Kier molecular flexibility index (Phi) is 5.64. The van der Waals surface area contributed by atoms with Crippen LogP contribution in [0.25, 0.3) is 10.2 Å². The number of thiophene rings is 1. The van der Waals surface area contributed by atoms with Crippen molar-refractivity contribution in [1.82, 2.24) is 14.9 Å². The second kappa shape index (κ2) is 8.32. The van der Waals surface area contributed by atoms with E-state index in [1.807, 2.05) is 30.3 Å². The molecule has 144 valence electrons. The van der Waals surface area contributed by atoms with E-state index in [0.29, 0.717) is 18.2 Å². The van der Waals surface area contributed by atoms with Crippen molar-refractivity contribution in [2.24, 2.45) is 0 Å². The largest absolute Gasteiger partial charge is 0.351 e. The Morgan fingerprint density at radius 1 is 1.32 bits per heavy atom. The highest BCUT2D eigenvalue weighted by atomic mass is 32.2. The molecule has 0 bridgehead atoms. The average Bonchev–Trinajstić information content (AvgIpc) is 3.29. The van der Waals surface area contributed by atoms with Gasteiger partial charge in [-0.2, -0.15) is 0 Å². The van der Waals surface area contributed by atoms with E-state index in [1.54, 1.807) is 22.0 Å². The van der Waals surface area contributed by atoms with Gasteiger partial charge in [-0.15, -0.1) is 17.9 Å². The number of hydrogen-bond acceptors (Lipinski definition) is 5. The minimum atomic E-state index is -0.0815. The molecule has 0 saturated heterocycles. The number of hydrogen-bond donors (Lipinski definition) is 1. The van der Waals surface area contributed by atoms with Gasteiger partial charge < -0.3 is 5.32 Å². The van der Waals surface area contributed by atoms with E-state index < -0.39 is 0 Å². The highest BCUT2D eigenvalue weighted by Gasteiger charge is 2.23. The van der Waals surface area contributed by atoms with E-state index >= 15 is 0 Å². The number of benzene rings is 1. The number of nitrogens with one attached hydrogen (secondary N) is 1. The van der Waals surface area contributed by atoms with Gasteiger partial charge in [-0.05, 0) is 30.4 Å². The third-order valence-corrected chi connectivity index (χ3v) is 6.93. The summed E-state index contributed by atoms with van der Waals surface area (Å²) in [5.41, 5.74) is 2.21. The summed E-state index contributed by atoms with van der Waals surface area (Å²) >= 11 is 2.92. The van der Waals surface area contributed by atoms with Crippen molar-refractivity contribution >= 4 is 39.2 Å². The van der Waals surface area contributed by atoms with Gasteiger partial charge in [-0.3, -0.25) is 14.2 Å². The van der Waals surface area contributed by atoms with Gasteiger partial charge in [0.1, 0.15) is 4.83 Å². The molecule has 28 heavy (non-hydrogen) atoms. The summed E-state index contributed by atoms with van der Waals surface area (Å²) in [6.07, 6.45) is 4.79. The summed E-state index contributed by atoms with van der Waals surface area (Å²) < 4.78 is 1.63. The summed E-state index contributed by atoms with van der Waals surface area (Å²) in [5, 5.41) is 4.25. The van der Waals surface area contributed by atoms with Crippen LogP contribution in [0.4, 0.5) is 0 Å². The highest BCUT2D eigenvalue weighted by molar-refractivity contribution is 7.99. The molecule has 5 nitrogen and oxygen atoms in total. The van der Waals surface area contributed by atoms with Crippen LogP contribution >= 0.6 is 23.1 Å². The maximum atomic E-state index is 13.1. The number of amides is 1. The number of rotatable bonds is 7. The number of aryl methyl sites for hydroxylation is 2. The maximum Gasteiger partial charge on any atom is 0.263 e. The topological polar surface area (TPSA) is 64.0 Å². The van der Waals surface area contributed by atoms with Crippen LogP contribution in [0.3, 0.4) is 0 Å². The quantitative estimate of drug-likeness (QED) is 0.367. The van der Waals surface area contributed by atoms with Crippen LogP contribution in [-0.2, 0) is 30.7 Å². The van der Waals surface area contributed by atoms with Crippen LogP contribution in [0.2, 0.25) is 0 Å². The molecule has 3 aromatic rings. The molecule has 0 aliphatic heterocycles. The summed E-state index contributed by atoms with van der Waals surface area (Å²) in [7, 11) is 0. The first-order valence-corrected chi connectivity index (χ1v) is 11.1. The third kappa shape index (κ3) is 3.77. The molecule has 0 radical (unpaired) electrons. The predicted octanol–water partition coefficient (Wildman–Crippen LogP) is 3.54. The number of nitrogens with zero attached hydrogens (tertiary/aromatic N) is 2. The summed E-state index contributed by atoms with van der Waals surface area (Å²) in [5.74, 6) is 0.134.